The molecule has 1 rings (SSSR count). The molecule has 3 heteroatoms. The quantitative estimate of drug-likeness (QED) is 0.697. The molecule has 0 fully saturated rings. The number of imidazole rings is 1. The van der Waals surface area contributed by atoms with E-state index in [2.05, 4.69) is 48.8 Å². The molecule has 1 N–H and O–H groups in total. The Bertz CT molecular complexity index is 302. The van der Waals surface area contributed by atoms with Crippen LogP contribution >= 0.6 is 0 Å². The highest BCUT2D eigenvalue weighted by Gasteiger charge is 2.03. The van der Waals surface area contributed by atoms with Crippen LogP contribution in [0.4, 0.5) is 5.95 Å². The highest BCUT2D eigenvalue weighted by Crippen LogP contribution is 2.11. The van der Waals surface area contributed by atoms with Gasteiger partial charge in [0.15, 0.2) is 0 Å². The van der Waals surface area contributed by atoms with Crippen molar-refractivity contribution in [3.05, 3.63) is 12.4 Å². The van der Waals surface area contributed by atoms with Crippen LogP contribution in [0.15, 0.2) is 12.4 Å². The van der Waals surface area contributed by atoms with Gasteiger partial charge in [0.25, 0.3) is 0 Å². The first kappa shape index (κ1) is 14.1. The number of unbranched alkanes of at least 4 members (excludes halogenated alkanes) is 1. The van der Waals surface area contributed by atoms with Crippen LogP contribution < -0.4 is 5.32 Å². The third-order valence-electron chi connectivity index (χ3n) is 2.81. The molecule has 0 amide bonds. The second kappa shape index (κ2) is 7.36. The molecule has 0 bridgehead atoms. The van der Waals surface area contributed by atoms with Crippen LogP contribution in [0.5, 0.6) is 0 Å². The molecule has 0 aliphatic heterocycles. The lowest BCUT2D eigenvalue weighted by Crippen LogP contribution is -2.12. The number of nitrogens with one attached hydrogen (secondary N) is 1. The van der Waals surface area contributed by atoms with E-state index in [-0.39, 0.29) is 0 Å². The lowest BCUT2D eigenvalue weighted by molar-refractivity contribution is 0.510. The fourth-order valence-corrected chi connectivity index (χ4v) is 1.79. The minimum atomic E-state index is 0.654. The highest BCUT2D eigenvalue weighted by molar-refractivity contribution is 5.25. The second-order valence-electron chi connectivity index (χ2n) is 5.61. The Morgan fingerprint density at radius 1 is 1.18 bits per heavy atom. The van der Waals surface area contributed by atoms with E-state index in [4.69, 9.17) is 0 Å². The summed E-state index contributed by atoms with van der Waals surface area (Å²) in [4.78, 5) is 4.35. The fourth-order valence-electron chi connectivity index (χ4n) is 1.79. The van der Waals surface area contributed by atoms with Gasteiger partial charge in [-0.3, -0.25) is 0 Å². The topological polar surface area (TPSA) is 29.9 Å². The molecule has 1 heterocycles. The Kier molecular flexibility index (Phi) is 6.09. The van der Waals surface area contributed by atoms with Crippen molar-refractivity contribution in [2.75, 3.05) is 11.9 Å². The van der Waals surface area contributed by atoms with Gasteiger partial charge < -0.3 is 9.88 Å². The number of rotatable bonds is 8. The van der Waals surface area contributed by atoms with Crippen molar-refractivity contribution in [2.45, 2.75) is 53.5 Å². The van der Waals surface area contributed by atoms with Crippen molar-refractivity contribution in [1.82, 2.24) is 9.55 Å². The average Bonchev–Trinajstić information content (AvgIpc) is 2.68. The number of nitrogens with zero attached hydrogens (tertiary/aromatic N) is 2. The van der Waals surface area contributed by atoms with Gasteiger partial charge in [-0.25, -0.2) is 4.98 Å². The Morgan fingerprint density at radius 3 is 2.59 bits per heavy atom. The van der Waals surface area contributed by atoms with E-state index in [1.165, 1.54) is 19.3 Å². The van der Waals surface area contributed by atoms with Crippen molar-refractivity contribution in [2.24, 2.45) is 11.8 Å². The van der Waals surface area contributed by atoms with Crippen LogP contribution in [0.1, 0.15) is 47.0 Å². The van der Waals surface area contributed by atoms with Crippen LogP contribution in [0.2, 0.25) is 0 Å². The van der Waals surface area contributed by atoms with Crippen molar-refractivity contribution in [1.29, 1.82) is 0 Å². The zero-order chi connectivity index (χ0) is 12.7. The number of hydrogen-bond donors (Lipinski definition) is 1. The van der Waals surface area contributed by atoms with Crippen LogP contribution in [-0.2, 0) is 6.54 Å². The van der Waals surface area contributed by atoms with Crippen molar-refractivity contribution in [3.63, 3.8) is 0 Å². The largest absolute Gasteiger partial charge is 0.355 e. The average molecular weight is 237 g/mol. The van der Waals surface area contributed by atoms with Crippen LogP contribution in [0.3, 0.4) is 0 Å². The summed E-state index contributed by atoms with van der Waals surface area (Å²) in [7, 11) is 0. The maximum atomic E-state index is 4.35. The molecule has 1 aromatic heterocycles. The summed E-state index contributed by atoms with van der Waals surface area (Å²) in [5.74, 6) is 2.49. The maximum Gasteiger partial charge on any atom is 0.202 e. The first-order valence-electron chi connectivity index (χ1n) is 6.84. The molecule has 0 saturated carbocycles. The molecule has 0 saturated heterocycles. The number of aromatic nitrogens is 2. The highest BCUT2D eigenvalue weighted by atomic mass is 15.2. The van der Waals surface area contributed by atoms with Crippen LogP contribution in [0.25, 0.3) is 0 Å². The Morgan fingerprint density at radius 2 is 1.94 bits per heavy atom. The van der Waals surface area contributed by atoms with Gasteiger partial charge in [-0.1, -0.05) is 40.5 Å². The summed E-state index contributed by atoms with van der Waals surface area (Å²) in [6.45, 7) is 11.1. The molecule has 0 unspecified atom stereocenters. The standard InChI is InChI=1S/C14H27N3/c1-12(2)7-5-6-9-17-10-8-15-14(17)16-11-13(3)4/h8,10,12-13H,5-7,9,11H2,1-4H3,(H,15,16). The van der Waals surface area contributed by atoms with E-state index in [9.17, 15) is 0 Å². The normalized spacial score (nSPS) is 11.4. The molecule has 0 aliphatic rings. The number of anilines is 1. The second-order valence-corrected chi connectivity index (χ2v) is 5.61. The molecule has 3 nitrogen and oxygen atoms in total. The zero-order valence-electron chi connectivity index (χ0n) is 11.7. The van der Waals surface area contributed by atoms with E-state index in [0.717, 1.165) is 25.0 Å². The van der Waals surface area contributed by atoms with Crippen LogP contribution in [-0.4, -0.2) is 16.1 Å². The van der Waals surface area contributed by atoms with Gasteiger partial charge >= 0.3 is 0 Å². The zero-order valence-corrected chi connectivity index (χ0v) is 11.7. The molecule has 98 valence electrons. The van der Waals surface area contributed by atoms with Crippen molar-refractivity contribution in [3.8, 4) is 0 Å². The van der Waals surface area contributed by atoms with Crippen molar-refractivity contribution >= 4 is 5.95 Å². The minimum absolute atomic E-state index is 0.654. The van der Waals surface area contributed by atoms with Gasteiger partial charge in [0.2, 0.25) is 5.95 Å². The molecule has 17 heavy (non-hydrogen) atoms. The fraction of sp³-hybridized carbons (Fsp3) is 0.786. The summed E-state index contributed by atoms with van der Waals surface area (Å²) in [5.41, 5.74) is 0. The summed E-state index contributed by atoms with van der Waals surface area (Å²) >= 11 is 0. The summed E-state index contributed by atoms with van der Waals surface area (Å²) in [5, 5.41) is 3.39. The van der Waals surface area contributed by atoms with Crippen molar-refractivity contribution < 1.29 is 0 Å². The van der Waals surface area contributed by atoms with Gasteiger partial charge in [-0.2, -0.15) is 0 Å². The van der Waals surface area contributed by atoms with Gasteiger partial charge in [0, 0.05) is 25.5 Å². The van der Waals surface area contributed by atoms with E-state index < -0.39 is 0 Å². The predicted molar refractivity (Wildman–Crippen MR) is 74.2 cm³/mol. The maximum absolute atomic E-state index is 4.35. The first-order valence-corrected chi connectivity index (χ1v) is 6.84. The third kappa shape index (κ3) is 5.76. The van der Waals surface area contributed by atoms with Crippen LogP contribution in [0, 0.1) is 11.8 Å². The van der Waals surface area contributed by atoms with E-state index >= 15 is 0 Å². The first-order chi connectivity index (χ1) is 8.09. The molecule has 0 aliphatic carbocycles. The molecular formula is C14H27N3. The van der Waals surface area contributed by atoms with E-state index in [1.807, 2.05) is 6.20 Å². The third-order valence-corrected chi connectivity index (χ3v) is 2.81. The van der Waals surface area contributed by atoms with Gasteiger partial charge in [-0.05, 0) is 18.3 Å². The monoisotopic (exact) mass is 237 g/mol. The summed E-state index contributed by atoms with van der Waals surface area (Å²) in [6.07, 6.45) is 7.82. The molecule has 0 atom stereocenters. The molecule has 0 radical (unpaired) electrons. The number of aryl methyl sites for hydroxylation is 1. The smallest absolute Gasteiger partial charge is 0.202 e. The predicted octanol–water partition coefficient (Wildman–Crippen LogP) is 3.78. The Hall–Kier alpha value is -0.990. The van der Waals surface area contributed by atoms with Gasteiger partial charge in [0.1, 0.15) is 0 Å². The molecule has 0 spiro atoms. The molecular weight excluding hydrogens is 210 g/mol. The minimum Gasteiger partial charge on any atom is -0.355 e. The van der Waals surface area contributed by atoms with E-state index in [0.29, 0.717) is 5.92 Å². The Balaban J connectivity index is 2.30. The summed E-state index contributed by atoms with van der Waals surface area (Å²) in [6, 6.07) is 0. The van der Waals surface area contributed by atoms with Gasteiger partial charge in [-0.15, -0.1) is 0 Å². The molecule has 0 aromatic carbocycles. The Labute approximate surface area is 106 Å². The lowest BCUT2D eigenvalue weighted by atomic mass is 10.1. The summed E-state index contributed by atoms with van der Waals surface area (Å²) < 4.78 is 2.22. The number of hydrogen-bond acceptors (Lipinski definition) is 2. The van der Waals surface area contributed by atoms with Gasteiger partial charge in [0.05, 0.1) is 0 Å². The SMILES string of the molecule is CC(C)CCCCn1ccnc1NCC(C)C. The van der Waals surface area contributed by atoms with E-state index in [1.54, 1.807) is 0 Å². The molecule has 1 aromatic rings. The lowest BCUT2D eigenvalue weighted by Gasteiger charge is -2.11.